The fraction of sp³-hybridized carbons (Fsp3) is 0.917. The molecule has 0 atom stereocenters. The number of hydrogen-bond donors (Lipinski definition) is 2. The molecule has 1 amide bonds. The van der Waals surface area contributed by atoms with E-state index in [2.05, 4.69) is 10.1 Å². The molecule has 1 aliphatic carbocycles. The zero-order valence-electron chi connectivity index (χ0n) is 11.6. The van der Waals surface area contributed by atoms with Crippen molar-refractivity contribution in [3.05, 3.63) is 0 Å². The predicted octanol–water partition coefficient (Wildman–Crippen LogP) is 1.44. The van der Waals surface area contributed by atoms with Crippen LogP contribution in [0.5, 0.6) is 0 Å². The number of halogens is 3. The van der Waals surface area contributed by atoms with Crippen LogP contribution >= 0.6 is 0 Å². The second-order valence-corrected chi connectivity index (χ2v) is 6.23. The molecule has 112 valence electrons. The molecule has 0 spiro atoms. The number of rotatable bonds is 4. The summed E-state index contributed by atoms with van der Waals surface area (Å²) in [5.74, 6) is -0.553. The lowest BCUT2D eigenvalue weighted by Gasteiger charge is -2.62. The molecule has 0 heterocycles. The molecule has 0 bridgehead atoms. The maximum Gasteiger partial charge on any atom is 0.411 e. The first kappa shape index (κ1) is 16.2. The van der Waals surface area contributed by atoms with Gasteiger partial charge in [-0.1, -0.05) is 27.7 Å². The smallest absolute Gasteiger partial charge is 0.362 e. The van der Waals surface area contributed by atoms with Crippen molar-refractivity contribution in [1.29, 1.82) is 0 Å². The Hall–Kier alpha value is -0.820. The van der Waals surface area contributed by atoms with Gasteiger partial charge in [0.05, 0.1) is 0 Å². The summed E-state index contributed by atoms with van der Waals surface area (Å²) in [5.41, 5.74) is 5.45. The summed E-state index contributed by atoms with van der Waals surface area (Å²) in [6.45, 7) is 5.67. The molecule has 0 unspecified atom stereocenters. The SMILES string of the molecule is CC1(C)C(N)C(C)(C)C1NC(=O)COCC(F)(F)F. The van der Waals surface area contributed by atoms with Gasteiger partial charge in [-0.2, -0.15) is 13.2 Å². The second kappa shape index (κ2) is 4.94. The quantitative estimate of drug-likeness (QED) is 0.820. The Kier molecular flexibility index (Phi) is 4.22. The Bertz CT molecular complexity index is 337. The summed E-state index contributed by atoms with van der Waals surface area (Å²) in [6.07, 6.45) is -4.42. The van der Waals surface area contributed by atoms with Crippen LogP contribution in [-0.4, -0.2) is 37.4 Å². The number of nitrogens with one attached hydrogen (secondary N) is 1. The van der Waals surface area contributed by atoms with Crippen molar-refractivity contribution in [3.8, 4) is 0 Å². The molecule has 19 heavy (non-hydrogen) atoms. The Balaban J connectivity index is 2.45. The minimum atomic E-state index is -4.42. The van der Waals surface area contributed by atoms with Crippen molar-refractivity contribution in [2.45, 2.75) is 46.0 Å². The van der Waals surface area contributed by atoms with E-state index in [0.29, 0.717) is 0 Å². The van der Waals surface area contributed by atoms with Crippen molar-refractivity contribution >= 4 is 5.91 Å². The molecule has 0 aliphatic heterocycles. The topological polar surface area (TPSA) is 64.3 Å². The minimum absolute atomic E-state index is 0.0820. The highest BCUT2D eigenvalue weighted by atomic mass is 19.4. The van der Waals surface area contributed by atoms with Crippen molar-refractivity contribution in [2.75, 3.05) is 13.2 Å². The van der Waals surface area contributed by atoms with E-state index in [4.69, 9.17) is 5.73 Å². The molecule has 3 N–H and O–H groups in total. The summed E-state index contributed by atoms with van der Waals surface area (Å²) < 4.78 is 39.9. The van der Waals surface area contributed by atoms with Gasteiger partial charge in [0.15, 0.2) is 0 Å². The molecule has 0 aromatic heterocycles. The standard InChI is InChI=1S/C12H21F3N2O2/c1-10(2)8(16)11(3,4)9(10)17-7(18)5-19-6-12(13,14)15/h8-9H,5-6,16H2,1-4H3,(H,17,18). The summed E-state index contributed by atoms with van der Waals surface area (Å²) in [4.78, 5) is 11.6. The molecule has 0 radical (unpaired) electrons. The summed E-state index contributed by atoms with van der Waals surface area (Å²) in [6, 6.07) is -0.265. The summed E-state index contributed by atoms with van der Waals surface area (Å²) >= 11 is 0. The molecule has 1 fully saturated rings. The van der Waals surface area contributed by atoms with Crippen LogP contribution in [0.3, 0.4) is 0 Å². The Morgan fingerprint density at radius 3 is 2.16 bits per heavy atom. The largest absolute Gasteiger partial charge is 0.411 e. The number of nitrogens with two attached hydrogens (primary N) is 1. The number of alkyl halides is 3. The van der Waals surface area contributed by atoms with Gasteiger partial charge in [0.25, 0.3) is 0 Å². The molecule has 1 rings (SSSR count). The Labute approximate surface area is 110 Å². The van der Waals surface area contributed by atoms with Gasteiger partial charge in [0, 0.05) is 22.9 Å². The first-order valence-corrected chi connectivity index (χ1v) is 6.08. The number of carbonyl (C=O) groups is 1. The summed E-state index contributed by atoms with van der Waals surface area (Å²) in [7, 11) is 0. The molecule has 0 saturated heterocycles. The number of carbonyl (C=O) groups excluding carboxylic acids is 1. The molecular formula is C12H21F3N2O2. The van der Waals surface area contributed by atoms with Crippen molar-refractivity contribution < 1.29 is 22.7 Å². The van der Waals surface area contributed by atoms with Crippen LogP contribution in [0.15, 0.2) is 0 Å². The Morgan fingerprint density at radius 1 is 1.26 bits per heavy atom. The van der Waals surface area contributed by atoms with E-state index in [9.17, 15) is 18.0 Å². The van der Waals surface area contributed by atoms with Crippen molar-refractivity contribution in [3.63, 3.8) is 0 Å². The van der Waals surface area contributed by atoms with Crippen LogP contribution < -0.4 is 11.1 Å². The van der Waals surface area contributed by atoms with E-state index < -0.39 is 25.3 Å². The maximum absolute atomic E-state index is 11.9. The summed E-state index contributed by atoms with van der Waals surface area (Å²) in [5, 5.41) is 2.70. The van der Waals surface area contributed by atoms with E-state index in [1.807, 2.05) is 27.7 Å². The van der Waals surface area contributed by atoms with Gasteiger partial charge in [-0.15, -0.1) is 0 Å². The fourth-order valence-electron chi connectivity index (χ4n) is 3.01. The predicted molar refractivity (Wildman–Crippen MR) is 64.3 cm³/mol. The van der Waals surface area contributed by atoms with E-state index >= 15 is 0 Å². The molecule has 1 aliphatic rings. The number of ether oxygens (including phenoxy) is 1. The van der Waals surface area contributed by atoms with Crippen molar-refractivity contribution in [2.24, 2.45) is 16.6 Å². The third-order valence-corrected chi connectivity index (χ3v) is 3.90. The lowest BCUT2D eigenvalue weighted by Crippen LogP contribution is -2.76. The highest BCUT2D eigenvalue weighted by Gasteiger charge is 2.60. The first-order valence-electron chi connectivity index (χ1n) is 6.08. The van der Waals surface area contributed by atoms with Crippen LogP contribution in [-0.2, 0) is 9.53 Å². The van der Waals surface area contributed by atoms with Gasteiger partial charge in [0.2, 0.25) is 5.91 Å². The normalized spacial score (nSPS) is 28.6. The van der Waals surface area contributed by atoms with Crippen LogP contribution in [0.25, 0.3) is 0 Å². The third kappa shape index (κ3) is 3.39. The van der Waals surface area contributed by atoms with Crippen LogP contribution in [0.4, 0.5) is 13.2 Å². The zero-order valence-corrected chi connectivity index (χ0v) is 11.6. The van der Waals surface area contributed by atoms with Gasteiger partial charge in [-0.3, -0.25) is 4.79 Å². The third-order valence-electron chi connectivity index (χ3n) is 3.90. The van der Waals surface area contributed by atoms with E-state index in [1.165, 1.54) is 0 Å². The van der Waals surface area contributed by atoms with Gasteiger partial charge in [-0.25, -0.2) is 0 Å². The Morgan fingerprint density at radius 2 is 1.74 bits per heavy atom. The second-order valence-electron chi connectivity index (χ2n) is 6.23. The zero-order chi connectivity index (χ0) is 15.1. The lowest BCUT2D eigenvalue weighted by molar-refractivity contribution is -0.177. The van der Waals surface area contributed by atoms with Gasteiger partial charge in [0.1, 0.15) is 13.2 Å². The van der Waals surface area contributed by atoms with Gasteiger partial charge >= 0.3 is 6.18 Å². The monoisotopic (exact) mass is 282 g/mol. The van der Waals surface area contributed by atoms with Crippen LogP contribution in [0.2, 0.25) is 0 Å². The highest BCUT2D eigenvalue weighted by molar-refractivity contribution is 5.78. The molecule has 1 saturated carbocycles. The average Bonchev–Trinajstić information content (AvgIpc) is 2.22. The first-order chi connectivity index (χ1) is 8.39. The number of hydrogen-bond acceptors (Lipinski definition) is 3. The highest BCUT2D eigenvalue weighted by Crippen LogP contribution is 2.52. The van der Waals surface area contributed by atoms with Gasteiger partial charge < -0.3 is 15.8 Å². The molecule has 0 aromatic rings. The number of amides is 1. The van der Waals surface area contributed by atoms with Crippen LogP contribution in [0, 0.1) is 10.8 Å². The molecule has 4 nitrogen and oxygen atoms in total. The van der Waals surface area contributed by atoms with E-state index in [0.717, 1.165) is 0 Å². The van der Waals surface area contributed by atoms with E-state index in [-0.39, 0.29) is 22.9 Å². The van der Waals surface area contributed by atoms with Crippen LogP contribution in [0.1, 0.15) is 27.7 Å². The molecular weight excluding hydrogens is 261 g/mol. The minimum Gasteiger partial charge on any atom is -0.362 e. The molecule has 0 aromatic carbocycles. The van der Waals surface area contributed by atoms with Crippen molar-refractivity contribution in [1.82, 2.24) is 5.32 Å². The van der Waals surface area contributed by atoms with Gasteiger partial charge in [-0.05, 0) is 0 Å². The van der Waals surface area contributed by atoms with E-state index in [1.54, 1.807) is 0 Å². The lowest BCUT2D eigenvalue weighted by atomic mass is 9.48. The molecule has 7 heteroatoms. The average molecular weight is 282 g/mol. The fourth-order valence-corrected chi connectivity index (χ4v) is 3.01. The maximum atomic E-state index is 11.9.